The molecule has 0 saturated heterocycles. The number of carbonyl (C=O) groups is 2. The molecule has 1 aromatic heterocycles. The minimum Gasteiger partial charge on any atom is -0.493 e. The zero-order valence-corrected chi connectivity index (χ0v) is 15.1. The van der Waals surface area contributed by atoms with Gasteiger partial charge in [0.25, 0.3) is 5.91 Å². The Balaban J connectivity index is 1.97. The first-order valence-electron chi connectivity index (χ1n) is 7.77. The van der Waals surface area contributed by atoms with E-state index >= 15 is 0 Å². The number of hydrogen-bond acceptors (Lipinski definition) is 6. The summed E-state index contributed by atoms with van der Waals surface area (Å²) in [4.78, 5) is 28.1. The molecule has 25 heavy (non-hydrogen) atoms. The number of esters is 1. The molecule has 0 radical (unpaired) electrons. The maximum Gasteiger partial charge on any atom is 0.333 e. The van der Waals surface area contributed by atoms with E-state index in [2.05, 4.69) is 0 Å². The molecule has 1 aromatic carbocycles. The summed E-state index contributed by atoms with van der Waals surface area (Å²) in [5, 5.41) is 1.94. The Morgan fingerprint density at radius 2 is 1.88 bits per heavy atom. The Kier molecular flexibility index (Phi) is 4.94. The number of fused-ring (bicyclic) bond motifs is 1. The van der Waals surface area contributed by atoms with Crippen LogP contribution in [0.1, 0.15) is 26.8 Å². The number of ether oxygens (including phenoxy) is 3. The second-order valence-electron chi connectivity index (χ2n) is 5.54. The van der Waals surface area contributed by atoms with Crippen molar-refractivity contribution >= 4 is 23.2 Å². The van der Waals surface area contributed by atoms with Crippen molar-refractivity contribution in [3.8, 4) is 11.5 Å². The molecule has 0 spiro atoms. The number of benzene rings is 1. The molecule has 0 aliphatic carbocycles. The summed E-state index contributed by atoms with van der Waals surface area (Å²) in [6.45, 7) is 0.459. The first-order chi connectivity index (χ1) is 12.1. The molecule has 1 amide bonds. The van der Waals surface area contributed by atoms with Gasteiger partial charge in [-0.1, -0.05) is 0 Å². The van der Waals surface area contributed by atoms with Crippen LogP contribution >= 0.6 is 11.3 Å². The highest BCUT2D eigenvalue weighted by Crippen LogP contribution is 2.36. The lowest BCUT2D eigenvalue weighted by molar-refractivity contribution is -0.146. The molecule has 1 aliphatic heterocycles. The zero-order chi connectivity index (χ0) is 18.0. The first kappa shape index (κ1) is 17.3. The molecule has 3 rings (SSSR count). The lowest BCUT2D eigenvalue weighted by Gasteiger charge is -2.34. The van der Waals surface area contributed by atoms with Crippen molar-refractivity contribution in [1.82, 2.24) is 4.90 Å². The Bertz CT molecular complexity index is 801. The molecule has 0 N–H and O–H groups in total. The maximum absolute atomic E-state index is 13.1. The second-order valence-corrected chi connectivity index (χ2v) is 6.54. The average molecular weight is 361 g/mol. The lowest BCUT2D eigenvalue weighted by Crippen LogP contribution is -2.43. The molecule has 1 atom stereocenters. The number of thiophene rings is 1. The summed E-state index contributed by atoms with van der Waals surface area (Å²) in [6, 6.07) is 6.13. The average Bonchev–Trinajstić information content (AvgIpc) is 3.14. The smallest absolute Gasteiger partial charge is 0.333 e. The zero-order valence-electron chi connectivity index (χ0n) is 14.3. The molecular weight excluding hydrogens is 342 g/mol. The fourth-order valence-electron chi connectivity index (χ4n) is 3.04. The van der Waals surface area contributed by atoms with Crippen LogP contribution in [0.3, 0.4) is 0 Å². The number of nitrogens with zero attached hydrogens (tertiary/aromatic N) is 1. The molecule has 2 aromatic rings. The Hall–Kier alpha value is -2.54. The van der Waals surface area contributed by atoms with Crippen molar-refractivity contribution in [3.63, 3.8) is 0 Å². The van der Waals surface area contributed by atoms with Crippen molar-refractivity contribution < 1.29 is 23.8 Å². The van der Waals surface area contributed by atoms with Crippen LogP contribution in [-0.2, 0) is 16.0 Å². The van der Waals surface area contributed by atoms with E-state index in [0.29, 0.717) is 23.6 Å². The summed E-state index contributed by atoms with van der Waals surface area (Å²) in [7, 11) is 4.39. The highest BCUT2D eigenvalue weighted by atomic mass is 32.1. The van der Waals surface area contributed by atoms with Crippen LogP contribution in [0.15, 0.2) is 29.6 Å². The van der Waals surface area contributed by atoms with E-state index in [9.17, 15) is 9.59 Å². The van der Waals surface area contributed by atoms with Gasteiger partial charge < -0.3 is 19.1 Å². The van der Waals surface area contributed by atoms with E-state index in [1.807, 2.05) is 11.4 Å². The third-order valence-electron chi connectivity index (χ3n) is 4.28. The van der Waals surface area contributed by atoms with Gasteiger partial charge in [0.15, 0.2) is 17.5 Å². The van der Waals surface area contributed by atoms with E-state index in [0.717, 1.165) is 16.9 Å². The monoisotopic (exact) mass is 361 g/mol. The van der Waals surface area contributed by atoms with Gasteiger partial charge in [0, 0.05) is 17.0 Å². The Morgan fingerprint density at radius 1 is 1.12 bits per heavy atom. The quantitative estimate of drug-likeness (QED) is 0.784. The van der Waals surface area contributed by atoms with Gasteiger partial charge in [-0.05, 0) is 41.6 Å². The Labute approximate surface area is 149 Å². The van der Waals surface area contributed by atoms with Gasteiger partial charge in [-0.25, -0.2) is 4.79 Å². The summed E-state index contributed by atoms with van der Waals surface area (Å²) in [6.07, 6.45) is 0.722. The van der Waals surface area contributed by atoms with Crippen molar-refractivity contribution in [1.29, 1.82) is 0 Å². The van der Waals surface area contributed by atoms with Gasteiger partial charge in [0.2, 0.25) is 0 Å². The minimum atomic E-state index is -0.722. The topological polar surface area (TPSA) is 65.1 Å². The lowest BCUT2D eigenvalue weighted by atomic mass is 9.98. The van der Waals surface area contributed by atoms with Crippen LogP contribution in [0.25, 0.3) is 0 Å². The van der Waals surface area contributed by atoms with Crippen LogP contribution in [0.5, 0.6) is 11.5 Å². The second kappa shape index (κ2) is 7.14. The van der Waals surface area contributed by atoms with Gasteiger partial charge >= 0.3 is 5.97 Å². The van der Waals surface area contributed by atoms with Gasteiger partial charge in [0.05, 0.1) is 21.3 Å². The summed E-state index contributed by atoms with van der Waals surface area (Å²) >= 11 is 1.60. The number of amides is 1. The minimum absolute atomic E-state index is 0.242. The van der Waals surface area contributed by atoms with Gasteiger partial charge in [-0.3, -0.25) is 4.79 Å². The highest BCUT2D eigenvalue weighted by Gasteiger charge is 2.37. The van der Waals surface area contributed by atoms with Crippen molar-refractivity contribution in [2.24, 2.45) is 0 Å². The van der Waals surface area contributed by atoms with Gasteiger partial charge in [-0.15, -0.1) is 11.3 Å². The summed E-state index contributed by atoms with van der Waals surface area (Å²) in [5.41, 5.74) is 1.28. The molecular formula is C18H19NO5S. The summed E-state index contributed by atoms with van der Waals surface area (Å²) in [5.74, 6) is 0.333. The maximum atomic E-state index is 13.1. The fourth-order valence-corrected chi connectivity index (χ4v) is 3.94. The predicted octanol–water partition coefficient (Wildman–Crippen LogP) is 2.68. The van der Waals surface area contributed by atoms with Crippen LogP contribution in [-0.4, -0.2) is 44.7 Å². The van der Waals surface area contributed by atoms with E-state index in [1.165, 1.54) is 21.3 Å². The molecule has 1 aliphatic rings. The summed E-state index contributed by atoms with van der Waals surface area (Å²) < 4.78 is 15.4. The van der Waals surface area contributed by atoms with E-state index < -0.39 is 12.0 Å². The number of rotatable bonds is 4. The van der Waals surface area contributed by atoms with Crippen LogP contribution in [0, 0.1) is 0 Å². The van der Waals surface area contributed by atoms with Crippen molar-refractivity contribution in [2.45, 2.75) is 12.5 Å². The van der Waals surface area contributed by atoms with Crippen molar-refractivity contribution in [2.75, 3.05) is 27.9 Å². The number of methoxy groups -OCH3 is 3. The van der Waals surface area contributed by atoms with Crippen molar-refractivity contribution in [3.05, 3.63) is 45.6 Å². The van der Waals surface area contributed by atoms with Gasteiger partial charge in [-0.2, -0.15) is 0 Å². The third-order valence-corrected chi connectivity index (χ3v) is 5.28. The highest BCUT2D eigenvalue weighted by molar-refractivity contribution is 7.10. The largest absolute Gasteiger partial charge is 0.493 e. The normalized spacial score (nSPS) is 16.1. The molecule has 1 unspecified atom stereocenters. The molecule has 0 saturated carbocycles. The molecule has 6 nitrogen and oxygen atoms in total. The van der Waals surface area contributed by atoms with E-state index in [1.54, 1.807) is 34.4 Å². The fraction of sp³-hybridized carbons (Fsp3) is 0.333. The van der Waals surface area contributed by atoms with Crippen LogP contribution < -0.4 is 9.47 Å². The first-order valence-corrected chi connectivity index (χ1v) is 8.65. The molecule has 2 heterocycles. The number of hydrogen-bond donors (Lipinski definition) is 0. The molecule has 0 fully saturated rings. The van der Waals surface area contributed by atoms with Gasteiger partial charge in [0.1, 0.15) is 0 Å². The van der Waals surface area contributed by atoms with E-state index in [-0.39, 0.29) is 5.91 Å². The standard InChI is InChI=1S/C18H19NO5S/c1-22-13-5-4-11(10-14(13)23-2)17(20)19-8-6-15-12(7-9-25-15)16(19)18(21)24-3/h4-5,7,9-10,16H,6,8H2,1-3H3. The Morgan fingerprint density at radius 3 is 2.56 bits per heavy atom. The SMILES string of the molecule is COC(=O)C1c2ccsc2CCN1C(=O)c1ccc(OC)c(OC)c1. The number of carbonyl (C=O) groups excluding carboxylic acids is 2. The molecule has 132 valence electrons. The van der Waals surface area contributed by atoms with Crippen LogP contribution in [0.2, 0.25) is 0 Å². The molecule has 0 bridgehead atoms. The molecule has 7 heteroatoms. The van der Waals surface area contributed by atoms with E-state index in [4.69, 9.17) is 14.2 Å². The van der Waals surface area contributed by atoms with Crippen LogP contribution in [0.4, 0.5) is 0 Å². The predicted molar refractivity (Wildman–Crippen MR) is 93.4 cm³/mol. The third kappa shape index (κ3) is 3.07.